The van der Waals surface area contributed by atoms with E-state index in [1.165, 1.54) is 0 Å². The van der Waals surface area contributed by atoms with Gasteiger partial charge in [0, 0.05) is 5.57 Å². The predicted molar refractivity (Wildman–Crippen MR) is 87.7 cm³/mol. The highest BCUT2D eigenvalue weighted by atomic mass is 16.4. The number of amides is 1. The highest BCUT2D eigenvalue weighted by Gasteiger charge is 2.43. The van der Waals surface area contributed by atoms with Gasteiger partial charge in [-0.3, -0.25) is 4.79 Å². The van der Waals surface area contributed by atoms with Gasteiger partial charge in [-0.2, -0.15) is 0 Å². The van der Waals surface area contributed by atoms with E-state index in [4.69, 9.17) is 0 Å². The molecule has 0 saturated heterocycles. The van der Waals surface area contributed by atoms with Crippen LogP contribution in [0.15, 0.2) is 11.6 Å². The summed E-state index contributed by atoms with van der Waals surface area (Å²) < 4.78 is 0. The van der Waals surface area contributed by atoms with Crippen molar-refractivity contribution in [3.05, 3.63) is 11.6 Å². The molecule has 1 fully saturated rings. The van der Waals surface area contributed by atoms with E-state index in [0.717, 1.165) is 25.7 Å². The third kappa shape index (κ3) is 3.77. The Bertz CT molecular complexity index is 487. The van der Waals surface area contributed by atoms with Gasteiger partial charge >= 0.3 is 5.97 Å². The lowest BCUT2D eigenvalue weighted by Crippen LogP contribution is -2.47. The second kappa shape index (κ2) is 7.47. The van der Waals surface area contributed by atoms with E-state index in [9.17, 15) is 19.8 Å². The number of fused-ring (bicyclic) bond motifs is 1. The van der Waals surface area contributed by atoms with Crippen molar-refractivity contribution in [1.82, 2.24) is 5.32 Å². The maximum Gasteiger partial charge on any atom is 0.326 e. The first kappa shape index (κ1) is 18.0. The zero-order chi connectivity index (χ0) is 17.1. The molecule has 0 radical (unpaired) electrons. The minimum absolute atomic E-state index is 0.0687. The Morgan fingerprint density at radius 3 is 2.61 bits per heavy atom. The Hall–Kier alpha value is -1.36. The summed E-state index contributed by atoms with van der Waals surface area (Å²) in [6, 6.07) is -0.861. The van der Waals surface area contributed by atoms with Gasteiger partial charge in [-0.1, -0.05) is 33.3 Å². The number of nitrogens with one attached hydrogen (secondary N) is 1. The van der Waals surface area contributed by atoms with Crippen molar-refractivity contribution in [3.63, 3.8) is 0 Å². The van der Waals surface area contributed by atoms with Crippen LogP contribution in [0, 0.1) is 23.7 Å². The molecule has 0 aromatic heterocycles. The lowest BCUT2D eigenvalue weighted by atomic mass is 9.74. The first-order chi connectivity index (χ1) is 10.9. The molecular formula is C18H29NO4. The molecule has 0 bridgehead atoms. The number of carbonyl (C=O) groups excluding carboxylic acids is 1. The Balaban J connectivity index is 2.18. The van der Waals surface area contributed by atoms with Crippen LogP contribution in [0.2, 0.25) is 0 Å². The number of aliphatic hydroxyl groups excluding tert-OH is 1. The molecule has 0 aliphatic heterocycles. The second-order valence-electron chi connectivity index (χ2n) is 7.12. The van der Waals surface area contributed by atoms with Gasteiger partial charge in [-0.15, -0.1) is 0 Å². The summed E-state index contributed by atoms with van der Waals surface area (Å²) in [4.78, 5) is 24.2. The van der Waals surface area contributed by atoms with Crippen LogP contribution in [-0.2, 0) is 9.59 Å². The monoisotopic (exact) mass is 323 g/mol. The number of rotatable bonds is 6. The number of carbonyl (C=O) groups is 2. The third-order valence-electron chi connectivity index (χ3n) is 5.73. The number of carboxylic acid groups (broad SMARTS) is 1. The molecule has 5 nitrogen and oxygen atoms in total. The van der Waals surface area contributed by atoms with Crippen LogP contribution >= 0.6 is 0 Å². The van der Waals surface area contributed by atoms with Crippen LogP contribution in [0.25, 0.3) is 0 Å². The number of carboxylic acids is 1. The summed E-state index contributed by atoms with van der Waals surface area (Å²) in [5, 5.41) is 22.3. The molecule has 130 valence electrons. The fourth-order valence-corrected chi connectivity index (χ4v) is 3.99. The zero-order valence-corrected chi connectivity index (χ0v) is 14.3. The van der Waals surface area contributed by atoms with Crippen LogP contribution in [0.5, 0.6) is 0 Å². The standard InChI is InChI=1S/C18H29NO4/c1-4-10(3)16(18(22)23)19-17(21)14-9-11(5-2)8-13-12(14)6-7-15(13)20/h9-13,15-16,20H,4-8H2,1-3H3,(H,19,21)(H,22,23). The summed E-state index contributed by atoms with van der Waals surface area (Å²) in [5.74, 6) is -0.875. The van der Waals surface area contributed by atoms with Gasteiger partial charge in [0.15, 0.2) is 0 Å². The SMILES string of the molecule is CCC1C=C(C(=O)NC(C(=O)O)C(C)CC)C2CCC(O)C2C1. The van der Waals surface area contributed by atoms with Gasteiger partial charge in [0.2, 0.25) is 5.91 Å². The van der Waals surface area contributed by atoms with Crippen molar-refractivity contribution in [3.8, 4) is 0 Å². The number of aliphatic carboxylic acids is 1. The smallest absolute Gasteiger partial charge is 0.326 e. The molecule has 0 spiro atoms. The second-order valence-corrected chi connectivity index (χ2v) is 7.12. The summed E-state index contributed by atoms with van der Waals surface area (Å²) in [6.45, 7) is 5.84. The van der Waals surface area contributed by atoms with E-state index in [0.29, 0.717) is 12.0 Å². The molecule has 5 heteroatoms. The van der Waals surface area contributed by atoms with E-state index in [1.54, 1.807) is 0 Å². The van der Waals surface area contributed by atoms with E-state index in [-0.39, 0.29) is 35.7 Å². The minimum atomic E-state index is -0.987. The molecule has 0 aromatic rings. The molecule has 2 rings (SSSR count). The predicted octanol–water partition coefficient (Wildman–Crippen LogP) is 2.35. The van der Waals surface area contributed by atoms with Crippen molar-refractivity contribution in [2.75, 3.05) is 0 Å². The van der Waals surface area contributed by atoms with Crippen LogP contribution in [0.4, 0.5) is 0 Å². The molecule has 6 unspecified atom stereocenters. The average Bonchev–Trinajstić information content (AvgIpc) is 2.91. The van der Waals surface area contributed by atoms with Gasteiger partial charge < -0.3 is 15.5 Å². The summed E-state index contributed by atoms with van der Waals surface area (Å²) >= 11 is 0. The van der Waals surface area contributed by atoms with Gasteiger partial charge in [-0.05, 0) is 49.4 Å². The largest absolute Gasteiger partial charge is 0.480 e. The fraction of sp³-hybridized carbons (Fsp3) is 0.778. The lowest BCUT2D eigenvalue weighted by Gasteiger charge is -2.33. The molecule has 1 amide bonds. The molecule has 2 aliphatic rings. The molecule has 3 N–H and O–H groups in total. The van der Waals surface area contributed by atoms with Crippen LogP contribution in [0.1, 0.15) is 52.9 Å². The van der Waals surface area contributed by atoms with E-state index in [1.807, 2.05) is 19.9 Å². The van der Waals surface area contributed by atoms with Crippen molar-refractivity contribution in [2.45, 2.75) is 65.0 Å². The van der Waals surface area contributed by atoms with Gasteiger partial charge in [0.1, 0.15) is 6.04 Å². The number of aliphatic hydroxyl groups is 1. The van der Waals surface area contributed by atoms with Gasteiger partial charge in [-0.25, -0.2) is 4.79 Å². The van der Waals surface area contributed by atoms with Crippen molar-refractivity contribution in [1.29, 1.82) is 0 Å². The van der Waals surface area contributed by atoms with Crippen molar-refractivity contribution in [2.24, 2.45) is 23.7 Å². The van der Waals surface area contributed by atoms with E-state index in [2.05, 4.69) is 12.2 Å². The van der Waals surface area contributed by atoms with Crippen molar-refractivity contribution < 1.29 is 19.8 Å². The first-order valence-electron chi connectivity index (χ1n) is 8.82. The molecular weight excluding hydrogens is 294 g/mol. The molecule has 1 saturated carbocycles. The first-order valence-corrected chi connectivity index (χ1v) is 8.82. The number of hydrogen-bond donors (Lipinski definition) is 3. The van der Waals surface area contributed by atoms with Crippen LogP contribution in [0.3, 0.4) is 0 Å². The molecule has 6 atom stereocenters. The van der Waals surface area contributed by atoms with Gasteiger partial charge in [0.05, 0.1) is 6.10 Å². The zero-order valence-electron chi connectivity index (χ0n) is 14.3. The highest BCUT2D eigenvalue weighted by Crippen LogP contribution is 2.45. The maximum atomic E-state index is 12.7. The Labute approximate surface area is 138 Å². The van der Waals surface area contributed by atoms with Crippen LogP contribution < -0.4 is 5.32 Å². The van der Waals surface area contributed by atoms with Crippen LogP contribution in [-0.4, -0.2) is 34.2 Å². The summed E-state index contributed by atoms with van der Waals surface area (Å²) in [7, 11) is 0. The average molecular weight is 323 g/mol. The minimum Gasteiger partial charge on any atom is -0.480 e. The van der Waals surface area contributed by atoms with E-state index < -0.39 is 12.0 Å². The maximum absolute atomic E-state index is 12.7. The highest BCUT2D eigenvalue weighted by molar-refractivity contribution is 5.96. The molecule has 0 heterocycles. The Kier molecular flexibility index (Phi) is 5.84. The topological polar surface area (TPSA) is 86.6 Å². The van der Waals surface area contributed by atoms with Gasteiger partial charge in [0.25, 0.3) is 0 Å². The summed E-state index contributed by atoms with van der Waals surface area (Å²) in [5.41, 5.74) is 0.694. The van der Waals surface area contributed by atoms with E-state index >= 15 is 0 Å². The molecule has 2 aliphatic carbocycles. The Morgan fingerprint density at radius 1 is 1.35 bits per heavy atom. The third-order valence-corrected chi connectivity index (χ3v) is 5.73. The normalized spacial score (nSPS) is 32.6. The van der Waals surface area contributed by atoms with Crippen molar-refractivity contribution >= 4 is 11.9 Å². The molecule has 23 heavy (non-hydrogen) atoms. The number of hydrogen-bond acceptors (Lipinski definition) is 3. The number of allylic oxidation sites excluding steroid dienone is 1. The Morgan fingerprint density at radius 2 is 2.04 bits per heavy atom. The lowest BCUT2D eigenvalue weighted by molar-refractivity contribution is -0.142. The molecule has 0 aromatic carbocycles. The summed E-state index contributed by atoms with van der Waals surface area (Å²) in [6.07, 6.45) is 5.76. The quantitative estimate of drug-likeness (QED) is 0.700. The fourth-order valence-electron chi connectivity index (χ4n) is 3.99.